The molecule has 0 fully saturated rings. The SMILES string of the molecule is CCC(CC)(CN)c1nc2nc(N)ccc2[nH]1. The van der Waals surface area contributed by atoms with Crippen molar-refractivity contribution in [2.24, 2.45) is 5.73 Å². The number of nitrogens with one attached hydrogen (secondary N) is 1. The largest absolute Gasteiger partial charge is 0.384 e. The molecule has 0 saturated heterocycles. The summed E-state index contributed by atoms with van der Waals surface area (Å²) >= 11 is 0. The van der Waals surface area contributed by atoms with Crippen molar-refractivity contribution in [3.63, 3.8) is 0 Å². The van der Waals surface area contributed by atoms with Crippen molar-refractivity contribution in [1.82, 2.24) is 15.0 Å². The standard InChI is InChI=1S/C12H19N5/c1-3-12(4-2,7-13)11-15-8-5-6-9(14)16-10(8)17-11/h5-6H,3-4,7,13H2,1-2H3,(H3,14,15,16,17). The van der Waals surface area contributed by atoms with Crippen molar-refractivity contribution < 1.29 is 0 Å². The molecule has 5 N–H and O–H groups in total. The van der Waals surface area contributed by atoms with Crippen LogP contribution in [0.2, 0.25) is 0 Å². The number of nitrogens with zero attached hydrogens (tertiary/aromatic N) is 2. The monoisotopic (exact) mass is 233 g/mol. The molecule has 2 aromatic rings. The molecule has 0 atom stereocenters. The van der Waals surface area contributed by atoms with Crippen LogP contribution in [0.25, 0.3) is 11.2 Å². The van der Waals surface area contributed by atoms with Crippen LogP contribution in [0.4, 0.5) is 5.82 Å². The number of pyridine rings is 1. The van der Waals surface area contributed by atoms with Gasteiger partial charge in [0.1, 0.15) is 11.6 Å². The summed E-state index contributed by atoms with van der Waals surface area (Å²) in [7, 11) is 0. The third kappa shape index (κ3) is 1.86. The van der Waals surface area contributed by atoms with E-state index in [0.29, 0.717) is 18.0 Å². The van der Waals surface area contributed by atoms with Crippen LogP contribution in [0, 0.1) is 0 Å². The van der Waals surface area contributed by atoms with Gasteiger partial charge in [0.15, 0.2) is 5.65 Å². The number of nitrogens with two attached hydrogens (primary N) is 2. The van der Waals surface area contributed by atoms with E-state index in [-0.39, 0.29) is 5.41 Å². The number of H-pyrrole nitrogens is 1. The van der Waals surface area contributed by atoms with E-state index in [1.54, 1.807) is 6.07 Å². The summed E-state index contributed by atoms with van der Waals surface area (Å²) in [5, 5.41) is 0. The van der Waals surface area contributed by atoms with Gasteiger partial charge < -0.3 is 16.5 Å². The molecule has 0 aliphatic carbocycles. The number of hydrogen-bond acceptors (Lipinski definition) is 4. The van der Waals surface area contributed by atoms with E-state index < -0.39 is 0 Å². The Morgan fingerprint density at radius 1 is 1.24 bits per heavy atom. The number of rotatable bonds is 4. The zero-order valence-corrected chi connectivity index (χ0v) is 10.3. The smallest absolute Gasteiger partial charge is 0.179 e. The second kappa shape index (κ2) is 4.33. The van der Waals surface area contributed by atoms with Gasteiger partial charge in [-0.1, -0.05) is 13.8 Å². The van der Waals surface area contributed by atoms with Crippen LogP contribution in [0.5, 0.6) is 0 Å². The Morgan fingerprint density at radius 2 is 1.94 bits per heavy atom. The first kappa shape index (κ1) is 11.9. The molecule has 2 rings (SSSR count). The Hall–Kier alpha value is -1.62. The summed E-state index contributed by atoms with van der Waals surface area (Å²) in [6.07, 6.45) is 1.91. The highest BCUT2D eigenvalue weighted by molar-refractivity contribution is 5.72. The summed E-state index contributed by atoms with van der Waals surface area (Å²) < 4.78 is 0. The highest BCUT2D eigenvalue weighted by atomic mass is 15.0. The minimum Gasteiger partial charge on any atom is -0.384 e. The summed E-state index contributed by atoms with van der Waals surface area (Å²) in [4.78, 5) is 12.0. The van der Waals surface area contributed by atoms with Gasteiger partial charge >= 0.3 is 0 Å². The van der Waals surface area contributed by atoms with Gasteiger partial charge in [0.2, 0.25) is 0 Å². The predicted molar refractivity (Wildman–Crippen MR) is 69.6 cm³/mol. The van der Waals surface area contributed by atoms with Crippen LogP contribution in [0.3, 0.4) is 0 Å². The Morgan fingerprint density at radius 3 is 2.53 bits per heavy atom. The molecule has 0 unspecified atom stereocenters. The average molecular weight is 233 g/mol. The summed E-state index contributed by atoms with van der Waals surface area (Å²) in [6.45, 7) is 4.84. The second-order valence-corrected chi connectivity index (χ2v) is 4.38. The fourth-order valence-electron chi connectivity index (χ4n) is 2.13. The highest BCUT2D eigenvalue weighted by Gasteiger charge is 2.30. The van der Waals surface area contributed by atoms with Crippen molar-refractivity contribution >= 4 is 17.0 Å². The van der Waals surface area contributed by atoms with Crippen LogP contribution in [-0.2, 0) is 5.41 Å². The summed E-state index contributed by atoms with van der Waals surface area (Å²) in [5.41, 5.74) is 13.0. The van der Waals surface area contributed by atoms with Crippen LogP contribution in [0.1, 0.15) is 32.5 Å². The van der Waals surface area contributed by atoms with Crippen molar-refractivity contribution in [3.05, 3.63) is 18.0 Å². The molecule has 0 aromatic carbocycles. The molecule has 2 heterocycles. The van der Waals surface area contributed by atoms with Crippen molar-refractivity contribution in [3.8, 4) is 0 Å². The maximum absolute atomic E-state index is 5.91. The Labute approximate surface area is 101 Å². The minimum atomic E-state index is -0.0878. The first-order valence-electron chi connectivity index (χ1n) is 5.98. The Balaban J connectivity index is 2.55. The van der Waals surface area contributed by atoms with Crippen molar-refractivity contribution in [2.45, 2.75) is 32.1 Å². The molecule has 0 spiro atoms. The molecule has 2 aromatic heterocycles. The van der Waals surface area contributed by atoms with Gasteiger partial charge in [0, 0.05) is 12.0 Å². The lowest BCUT2D eigenvalue weighted by atomic mass is 9.82. The van der Waals surface area contributed by atoms with Gasteiger partial charge in [-0.15, -0.1) is 0 Å². The topological polar surface area (TPSA) is 93.6 Å². The zero-order valence-electron chi connectivity index (χ0n) is 10.3. The van der Waals surface area contributed by atoms with Crippen molar-refractivity contribution in [1.29, 1.82) is 0 Å². The van der Waals surface area contributed by atoms with E-state index in [1.807, 2.05) is 6.07 Å². The van der Waals surface area contributed by atoms with E-state index in [4.69, 9.17) is 11.5 Å². The number of aromatic nitrogens is 3. The van der Waals surface area contributed by atoms with Gasteiger partial charge in [-0.05, 0) is 25.0 Å². The normalized spacial score (nSPS) is 12.2. The maximum Gasteiger partial charge on any atom is 0.179 e. The molecule has 0 amide bonds. The lowest BCUT2D eigenvalue weighted by Crippen LogP contribution is -2.35. The second-order valence-electron chi connectivity index (χ2n) is 4.38. The fraction of sp³-hybridized carbons (Fsp3) is 0.500. The zero-order chi connectivity index (χ0) is 12.5. The number of fused-ring (bicyclic) bond motifs is 1. The van der Waals surface area contributed by atoms with Gasteiger partial charge in [0.25, 0.3) is 0 Å². The summed E-state index contributed by atoms with van der Waals surface area (Å²) in [5.74, 6) is 1.40. The maximum atomic E-state index is 5.91. The Kier molecular flexibility index (Phi) is 3.02. The van der Waals surface area contributed by atoms with E-state index in [1.165, 1.54) is 0 Å². The van der Waals surface area contributed by atoms with Crippen LogP contribution in [0.15, 0.2) is 12.1 Å². The molecule has 0 radical (unpaired) electrons. The first-order chi connectivity index (χ1) is 8.15. The van der Waals surface area contributed by atoms with E-state index in [2.05, 4.69) is 28.8 Å². The predicted octanol–water partition coefficient (Wildman–Crippen LogP) is 1.56. The van der Waals surface area contributed by atoms with Crippen LogP contribution < -0.4 is 11.5 Å². The molecule has 0 aliphatic rings. The quantitative estimate of drug-likeness (QED) is 0.747. The number of anilines is 1. The molecule has 92 valence electrons. The number of aromatic amines is 1. The third-order valence-corrected chi connectivity index (χ3v) is 3.61. The average Bonchev–Trinajstić information content (AvgIpc) is 2.75. The summed E-state index contributed by atoms with van der Waals surface area (Å²) in [6, 6.07) is 3.67. The molecule has 17 heavy (non-hydrogen) atoms. The van der Waals surface area contributed by atoms with Crippen LogP contribution in [-0.4, -0.2) is 21.5 Å². The fourth-order valence-corrected chi connectivity index (χ4v) is 2.13. The number of nitrogen functional groups attached to an aromatic ring is 1. The lowest BCUT2D eigenvalue weighted by molar-refractivity contribution is 0.387. The molecule has 0 saturated carbocycles. The van der Waals surface area contributed by atoms with Gasteiger partial charge in [0.05, 0.1) is 5.52 Å². The van der Waals surface area contributed by atoms with Gasteiger partial charge in [-0.3, -0.25) is 0 Å². The lowest BCUT2D eigenvalue weighted by Gasteiger charge is -2.27. The van der Waals surface area contributed by atoms with Crippen molar-refractivity contribution in [2.75, 3.05) is 12.3 Å². The molecule has 0 bridgehead atoms. The van der Waals surface area contributed by atoms with Gasteiger partial charge in [-0.25, -0.2) is 9.97 Å². The van der Waals surface area contributed by atoms with E-state index in [0.717, 1.165) is 24.2 Å². The minimum absolute atomic E-state index is 0.0878. The van der Waals surface area contributed by atoms with Crippen LogP contribution >= 0.6 is 0 Å². The van der Waals surface area contributed by atoms with E-state index >= 15 is 0 Å². The molecule has 0 aliphatic heterocycles. The molecular formula is C12H19N5. The molecule has 5 heteroatoms. The first-order valence-corrected chi connectivity index (χ1v) is 5.98. The molecular weight excluding hydrogens is 214 g/mol. The Bertz CT molecular complexity index is 504. The highest BCUT2D eigenvalue weighted by Crippen LogP contribution is 2.29. The number of imidazole rings is 1. The third-order valence-electron chi connectivity index (χ3n) is 3.61. The van der Waals surface area contributed by atoms with E-state index in [9.17, 15) is 0 Å². The molecule has 5 nitrogen and oxygen atoms in total. The van der Waals surface area contributed by atoms with Gasteiger partial charge in [-0.2, -0.15) is 0 Å². The number of hydrogen-bond donors (Lipinski definition) is 3.